The number of rotatable bonds is 6. The van der Waals surface area contributed by atoms with E-state index < -0.39 is 11.8 Å². The highest BCUT2D eigenvalue weighted by molar-refractivity contribution is 7.12. The summed E-state index contributed by atoms with van der Waals surface area (Å²) in [6.07, 6.45) is 3.21. The van der Waals surface area contributed by atoms with E-state index in [1.807, 2.05) is 59.3 Å². The van der Waals surface area contributed by atoms with Crippen LogP contribution in [-0.4, -0.2) is 11.6 Å². The van der Waals surface area contributed by atoms with Crippen molar-refractivity contribution in [2.45, 2.75) is 11.8 Å². The average molecular weight is 409 g/mol. The molecule has 4 atom stereocenters. The number of furan rings is 2. The van der Waals surface area contributed by atoms with E-state index in [0.29, 0.717) is 21.3 Å². The largest absolute Gasteiger partial charge is 0.469 e. The van der Waals surface area contributed by atoms with Crippen LogP contribution in [0, 0.1) is 11.8 Å². The molecule has 1 aliphatic carbocycles. The van der Waals surface area contributed by atoms with Gasteiger partial charge in [-0.05, 0) is 47.2 Å². The minimum Gasteiger partial charge on any atom is -0.469 e. The van der Waals surface area contributed by atoms with Crippen molar-refractivity contribution in [3.05, 3.63) is 93.1 Å². The van der Waals surface area contributed by atoms with E-state index >= 15 is 0 Å². The SMILES string of the molecule is O=C(c1cccs1)[C@H]1[C@H](C(=O)c2cccs2)[C@H](c2ccco2)[C@H]1c1ccco1. The second-order valence-electron chi connectivity index (χ2n) is 6.82. The molecule has 5 rings (SSSR count). The molecule has 28 heavy (non-hydrogen) atoms. The lowest BCUT2D eigenvalue weighted by Gasteiger charge is -2.48. The third kappa shape index (κ3) is 2.72. The molecule has 1 aliphatic rings. The number of ketones is 2. The van der Waals surface area contributed by atoms with Gasteiger partial charge in [-0.25, -0.2) is 0 Å². The van der Waals surface area contributed by atoms with Gasteiger partial charge in [-0.3, -0.25) is 9.59 Å². The van der Waals surface area contributed by atoms with Crippen molar-refractivity contribution in [2.75, 3.05) is 0 Å². The first-order valence-electron chi connectivity index (χ1n) is 8.98. The van der Waals surface area contributed by atoms with Gasteiger partial charge in [0.2, 0.25) is 0 Å². The van der Waals surface area contributed by atoms with E-state index in [4.69, 9.17) is 8.83 Å². The van der Waals surface area contributed by atoms with Gasteiger partial charge >= 0.3 is 0 Å². The second kappa shape index (κ2) is 7.04. The Morgan fingerprint density at radius 2 is 1.14 bits per heavy atom. The molecule has 0 bridgehead atoms. The van der Waals surface area contributed by atoms with E-state index in [0.717, 1.165) is 0 Å². The zero-order valence-electron chi connectivity index (χ0n) is 14.7. The Balaban J connectivity index is 1.61. The van der Waals surface area contributed by atoms with Crippen LogP contribution >= 0.6 is 22.7 Å². The summed E-state index contributed by atoms with van der Waals surface area (Å²) >= 11 is 2.81. The normalized spacial score (nSPS) is 24.0. The quantitative estimate of drug-likeness (QED) is 0.374. The van der Waals surface area contributed by atoms with Crippen LogP contribution in [-0.2, 0) is 0 Å². The molecule has 0 N–H and O–H groups in total. The Labute approximate surface area is 169 Å². The second-order valence-corrected chi connectivity index (χ2v) is 8.71. The van der Waals surface area contributed by atoms with Gasteiger partial charge in [-0.1, -0.05) is 12.1 Å². The van der Waals surface area contributed by atoms with Crippen molar-refractivity contribution < 1.29 is 18.4 Å². The van der Waals surface area contributed by atoms with E-state index in [9.17, 15) is 9.59 Å². The third-order valence-electron chi connectivity index (χ3n) is 5.42. The maximum atomic E-state index is 13.4. The molecule has 140 valence electrons. The molecule has 0 spiro atoms. The molecule has 0 amide bonds. The molecule has 0 aromatic carbocycles. The highest BCUT2D eigenvalue weighted by atomic mass is 32.1. The lowest BCUT2D eigenvalue weighted by molar-refractivity contribution is 0.0381. The number of carbonyl (C=O) groups excluding carboxylic acids is 2. The molecule has 0 radical (unpaired) electrons. The number of thiophene rings is 2. The summed E-state index contributed by atoms with van der Waals surface area (Å²) in [6, 6.07) is 14.7. The molecule has 4 nitrogen and oxygen atoms in total. The number of carbonyl (C=O) groups is 2. The van der Waals surface area contributed by atoms with Crippen LogP contribution in [0.4, 0.5) is 0 Å². The van der Waals surface area contributed by atoms with Gasteiger partial charge in [-0.15, -0.1) is 22.7 Å². The maximum Gasteiger partial charge on any atom is 0.177 e. The van der Waals surface area contributed by atoms with Crippen LogP contribution in [0.3, 0.4) is 0 Å². The van der Waals surface area contributed by atoms with Gasteiger partial charge in [0.25, 0.3) is 0 Å². The molecule has 1 fully saturated rings. The Kier molecular flexibility index (Phi) is 4.37. The summed E-state index contributed by atoms with van der Waals surface area (Å²) in [6.45, 7) is 0. The smallest absolute Gasteiger partial charge is 0.177 e. The van der Waals surface area contributed by atoms with Gasteiger partial charge < -0.3 is 8.83 Å². The van der Waals surface area contributed by atoms with Crippen molar-refractivity contribution in [3.8, 4) is 0 Å². The number of hydrogen-bond acceptors (Lipinski definition) is 6. The molecule has 0 saturated heterocycles. The van der Waals surface area contributed by atoms with Crippen LogP contribution in [0.2, 0.25) is 0 Å². The number of Topliss-reactive ketones (excluding diaryl/α,β-unsaturated/α-hetero) is 2. The van der Waals surface area contributed by atoms with Crippen LogP contribution in [0.1, 0.15) is 42.7 Å². The zero-order chi connectivity index (χ0) is 19.1. The standard InChI is InChI=1S/C22H16O4S2/c23-21(15-7-3-11-27-15)19-17(13-5-1-9-25-13)18(14-6-2-10-26-14)20(19)22(24)16-8-4-12-28-16/h1-12,17-20H/t17-,18-,19-,20-/m1/s1. The minimum atomic E-state index is -0.477. The lowest BCUT2D eigenvalue weighted by Crippen LogP contribution is -2.50. The Bertz CT molecular complexity index is 972. The molecule has 1 saturated carbocycles. The highest BCUT2D eigenvalue weighted by Gasteiger charge is 2.60. The van der Waals surface area contributed by atoms with E-state index in [-0.39, 0.29) is 23.4 Å². The monoisotopic (exact) mass is 408 g/mol. The number of hydrogen-bond donors (Lipinski definition) is 0. The minimum absolute atomic E-state index is 0.00545. The van der Waals surface area contributed by atoms with Gasteiger partial charge in [-0.2, -0.15) is 0 Å². The summed E-state index contributed by atoms with van der Waals surface area (Å²) in [5, 5.41) is 3.77. The summed E-state index contributed by atoms with van der Waals surface area (Å²) in [5.41, 5.74) is 0. The molecule has 4 aromatic heterocycles. The first-order valence-corrected chi connectivity index (χ1v) is 10.7. The molecule has 4 aromatic rings. The van der Waals surface area contributed by atoms with E-state index in [2.05, 4.69) is 0 Å². The lowest BCUT2D eigenvalue weighted by atomic mass is 9.52. The van der Waals surface area contributed by atoms with Crippen LogP contribution in [0.15, 0.2) is 80.7 Å². The fourth-order valence-electron chi connectivity index (χ4n) is 4.24. The molecule has 0 unspecified atom stereocenters. The van der Waals surface area contributed by atoms with Gasteiger partial charge in [0.15, 0.2) is 11.6 Å². The van der Waals surface area contributed by atoms with Gasteiger partial charge in [0, 0.05) is 23.7 Å². The summed E-state index contributed by atoms with van der Waals surface area (Å²) < 4.78 is 11.4. The third-order valence-corrected chi connectivity index (χ3v) is 7.19. The van der Waals surface area contributed by atoms with Crippen molar-refractivity contribution >= 4 is 34.2 Å². The first kappa shape index (κ1) is 17.4. The highest BCUT2D eigenvalue weighted by Crippen LogP contribution is 2.60. The van der Waals surface area contributed by atoms with E-state index in [1.165, 1.54) is 22.7 Å². The Morgan fingerprint density at radius 3 is 1.46 bits per heavy atom. The predicted molar refractivity (Wildman–Crippen MR) is 107 cm³/mol. The Hall–Kier alpha value is -2.70. The maximum absolute atomic E-state index is 13.4. The summed E-state index contributed by atoms with van der Waals surface area (Å²) in [4.78, 5) is 28.1. The van der Waals surface area contributed by atoms with E-state index in [1.54, 1.807) is 12.5 Å². The van der Waals surface area contributed by atoms with Crippen LogP contribution in [0.5, 0.6) is 0 Å². The first-order chi connectivity index (χ1) is 13.8. The molecule has 0 aliphatic heterocycles. The fraction of sp³-hybridized carbons (Fsp3) is 0.182. The molecular formula is C22H16O4S2. The fourth-order valence-corrected chi connectivity index (χ4v) is 5.66. The molecule has 6 heteroatoms. The summed E-state index contributed by atoms with van der Waals surface area (Å²) in [5.74, 6) is -0.000351. The molecule has 4 heterocycles. The summed E-state index contributed by atoms with van der Waals surface area (Å²) in [7, 11) is 0. The molecular weight excluding hydrogens is 392 g/mol. The van der Waals surface area contributed by atoms with Gasteiger partial charge in [0.05, 0.1) is 22.3 Å². The van der Waals surface area contributed by atoms with Crippen LogP contribution in [0.25, 0.3) is 0 Å². The predicted octanol–water partition coefficient (Wildman–Crippen LogP) is 5.87. The zero-order valence-corrected chi connectivity index (χ0v) is 16.3. The van der Waals surface area contributed by atoms with Gasteiger partial charge in [0.1, 0.15) is 11.5 Å². The Morgan fingerprint density at radius 1 is 0.679 bits per heavy atom. The average Bonchev–Trinajstić information content (AvgIpc) is 3.50. The topological polar surface area (TPSA) is 60.4 Å². The van der Waals surface area contributed by atoms with Crippen molar-refractivity contribution in [1.82, 2.24) is 0 Å². The van der Waals surface area contributed by atoms with Crippen molar-refractivity contribution in [2.24, 2.45) is 11.8 Å². The van der Waals surface area contributed by atoms with Crippen molar-refractivity contribution in [3.63, 3.8) is 0 Å². The van der Waals surface area contributed by atoms with Crippen molar-refractivity contribution in [1.29, 1.82) is 0 Å². The van der Waals surface area contributed by atoms with Crippen LogP contribution < -0.4 is 0 Å².